The number of nitrogens with zero attached hydrogens (tertiary/aromatic N) is 4. The summed E-state index contributed by atoms with van der Waals surface area (Å²) in [5, 5.41) is 15.3. The Morgan fingerprint density at radius 3 is 2.31 bits per heavy atom. The molecular formula is C26H26N6O3. The Kier molecular flexibility index (Phi) is 5.68. The van der Waals surface area contributed by atoms with Crippen molar-refractivity contribution >= 4 is 34.1 Å². The highest BCUT2D eigenvalue weighted by Gasteiger charge is 2.30. The van der Waals surface area contributed by atoms with Gasteiger partial charge in [0.1, 0.15) is 12.1 Å². The van der Waals surface area contributed by atoms with Crippen LogP contribution in [0.25, 0.3) is 16.6 Å². The molecule has 4 aromatic rings. The minimum absolute atomic E-state index is 0.172. The van der Waals surface area contributed by atoms with Gasteiger partial charge in [-0.1, -0.05) is 6.07 Å². The van der Waals surface area contributed by atoms with Crippen LogP contribution in [0.15, 0.2) is 53.5 Å². The number of rotatable bonds is 6. The van der Waals surface area contributed by atoms with E-state index in [1.807, 2.05) is 32.0 Å². The summed E-state index contributed by atoms with van der Waals surface area (Å²) in [6.07, 6.45) is 3.71. The summed E-state index contributed by atoms with van der Waals surface area (Å²) in [5.74, 6) is -0.273. The molecule has 1 fully saturated rings. The first-order chi connectivity index (χ1) is 16.8. The summed E-state index contributed by atoms with van der Waals surface area (Å²) < 4.78 is 2.88. The molecule has 5 rings (SSSR count). The molecule has 35 heavy (non-hydrogen) atoms. The number of aryl methyl sites for hydroxylation is 2. The molecule has 0 saturated heterocycles. The number of aromatic nitrogens is 4. The van der Waals surface area contributed by atoms with Gasteiger partial charge in [-0.3, -0.25) is 14.4 Å². The third-order valence-electron chi connectivity index (χ3n) is 6.19. The first kappa shape index (κ1) is 22.5. The van der Waals surface area contributed by atoms with Crippen molar-refractivity contribution in [2.45, 2.75) is 46.1 Å². The lowest BCUT2D eigenvalue weighted by Crippen LogP contribution is -2.31. The van der Waals surface area contributed by atoms with Crippen molar-refractivity contribution in [1.82, 2.24) is 19.6 Å². The first-order valence-corrected chi connectivity index (χ1v) is 11.5. The van der Waals surface area contributed by atoms with Crippen molar-refractivity contribution in [2.75, 3.05) is 10.6 Å². The Balaban J connectivity index is 1.47. The van der Waals surface area contributed by atoms with E-state index in [1.165, 1.54) is 11.6 Å². The number of carbonyl (C=O) groups is 2. The molecule has 0 radical (unpaired) electrons. The second-order valence-corrected chi connectivity index (χ2v) is 9.02. The van der Waals surface area contributed by atoms with E-state index in [4.69, 9.17) is 0 Å². The fourth-order valence-corrected chi connectivity index (χ4v) is 4.09. The number of amides is 2. The lowest BCUT2D eigenvalue weighted by atomic mass is 10.1. The van der Waals surface area contributed by atoms with Crippen LogP contribution in [0.5, 0.6) is 0 Å². The van der Waals surface area contributed by atoms with Crippen molar-refractivity contribution in [3.63, 3.8) is 0 Å². The first-order valence-electron chi connectivity index (χ1n) is 11.5. The average Bonchev–Trinajstić information content (AvgIpc) is 3.56. The molecule has 2 aromatic heterocycles. The fraction of sp³-hybridized carbons (Fsp3) is 0.269. The quantitative estimate of drug-likeness (QED) is 0.447. The van der Waals surface area contributed by atoms with Gasteiger partial charge >= 0.3 is 0 Å². The monoisotopic (exact) mass is 470 g/mol. The Morgan fingerprint density at radius 2 is 1.69 bits per heavy atom. The van der Waals surface area contributed by atoms with Crippen molar-refractivity contribution in [3.8, 4) is 5.69 Å². The second kappa shape index (κ2) is 8.83. The molecule has 2 heterocycles. The van der Waals surface area contributed by atoms with E-state index in [0.29, 0.717) is 16.9 Å². The number of hydrogen-bond donors (Lipinski definition) is 2. The minimum Gasteiger partial charge on any atom is -0.326 e. The van der Waals surface area contributed by atoms with Crippen LogP contribution in [0.2, 0.25) is 0 Å². The van der Waals surface area contributed by atoms with Gasteiger partial charge in [0.15, 0.2) is 0 Å². The van der Waals surface area contributed by atoms with Crippen molar-refractivity contribution in [3.05, 3.63) is 75.8 Å². The van der Waals surface area contributed by atoms with Crippen LogP contribution in [0.4, 0.5) is 11.4 Å². The summed E-state index contributed by atoms with van der Waals surface area (Å²) in [5.41, 5.74) is 5.12. The van der Waals surface area contributed by atoms with Crippen LogP contribution < -0.4 is 16.2 Å². The van der Waals surface area contributed by atoms with E-state index in [0.717, 1.165) is 40.7 Å². The minimum atomic E-state index is -0.370. The molecule has 178 valence electrons. The van der Waals surface area contributed by atoms with Gasteiger partial charge in [0.25, 0.3) is 5.56 Å². The number of nitrogens with one attached hydrogen (secondary N) is 2. The van der Waals surface area contributed by atoms with E-state index >= 15 is 0 Å². The molecule has 1 aliphatic rings. The zero-order valence-corrected chi connectivity index (χ0v) is 19.8. The Morgan fingerprint density at radius 1 is 1.00 bits per heavy atom. The fourth-order valence-electron chi connectivity index (χ4n) is 4.09. The summed E-state index contributed by atoms with van der Waals surface area (Å²) in [7, 11) is 0. The molecule has 1 aliphatic carbocycles. The highest BCUT2D eigenvalue weighted by molar-refractivity contribution is 5.92. The summed E-state index contributed by atoms with van der Waals surface area (Å²) >= 11 is 0. The van der Waals surface area contributed by atoms with Crippen molar-refractivity contribution in [1.29, 1.82) is 0 Å². The van der Waals surface area contributed by atoms with Crippen LogP contribution in [0.3, 0.4) is 0 Å². The second-order valence-electron chi connectivity index (χ2n) is 9.02. The van der Waals surface area contributed by atoms with Crippen molar-refractivity contribution < 1.29 is 9.59 Å². The molecule has 9 nitrogen and oxygen atoms in total. The molecule has 2 aromatic carbocycles. The molecule has 0 aliphatic heterocycles. The lowest BCUT2D eigenvalue weighted by Gasteiger charge is -2.11. The Hall–Kier alpha value is -4.27. The number of carbonyl (C=O) groups excluding carboxylic acids is 2. The molecule has 0 bridgehead atoms. The molecule has 0 atom stereocenters. The molecule has 1 saturated carbocycles. The molecule has 2 N–H and O–H groups in total. The van der Waals surface area contributed by atoms with Crippen LogP contribution in [-0.4, -0.2) is 31.4 Å². The SMILES string of the molecule is CC(=O)Nc1ccc(NC(=O)Cn2nc(C3CC3)c3cnn(-c4ccc(C)c(C)c4)c3c2=O)cc1. The molecular weight excluding hydrogens is 444 g/mol. The predicted molar refractivity (Wildman–Crippen MR) is 134 cm³/mol. The van der Waals surface area contributed by atoms with Gasteiger partial charge in [-0.05, 0) is 74.2 Å². The average molecular weight is 471 g/mol. The van der Waals surface area contributed by atoms with Gasteiger partial charge in [-0.2, -0.15) is 10.2 Å². The van der Waals surface area contributed by atoms with E-state index in [2.05, 4.69) is 20.8 Å². The van der Waals surface area contributed by atoms with E-state index in [9.17, 15) is 14.4 Å². The van der Waals surface area contributed by atoms with Gasteiger partial charge in [-0.25, -0.2) is 9.36 Å². The maximum absolute atomic E-state index is 13.5. The van der Waals surface area contributed by atoms with Crippen molar-refractivity contribution in [2.24, 2.45) is 0 Å². The van der Waals surface area contributed by atoms with Gasteiger partial charge in [0, 0.05) is 29.6 Å². The number of anilines is 2. The third-order valence-corrected chi connectivity index (χ3v) is 6.19. The maximum Gasteiger partial charge on any atom is 0.293 e. The van der Waals surface area contributed by atoms with Crippen LogP contribution in [-0.2, 0) is 16.1 Å². The Labute approximate surface area is 201 Å². The highest BCUT2D eigenvalue weighted by atomic mass is 16.2. The van der Waals surface area contributed by atoms with Gasteiger partial charge in [0.05, 0.1) is 17.6 Å². The van der Waals surface area contributed by atoms with E-state index in [-0.39, 0.29) is 29.8 Å². The van der Waals surface area contributed by atoms with Gasteiger partial charge < -0.3 is 10.6 Å². The van der Waals surface area contributed by atoms with Crippen LogP contribution >= 0.6 is 0 Å². The number of benzene rings is 2. The molecule has 2 amide bonds. The Bertz CT molecular complexity index is 1510. The van der Waals surface area contributed by atoms with Gasteiger partial charge in [0.2, 0.25) is 11.8 Å². The number of hydrogen-bond acceptors (Lipinski definition) is 5. The molecule has 0 unspecified atom stereocenters. The highest BCUT2D eigenvalue weighted by Crippen LogP contribution is 2.41. The molecule has 9 heteroatoms. The van der Waals surface area contributed by atoms with Crippen LogP contribution in [0.1, 0.15) is 42.5 Å². The summed E-state index contributed by atoms with van der Waals surface area (Å²) in [6.45, 7) is 5.26. The standard InChI is InChI=1S/C26H26N6O3/c1-15-4-11-21(12-16(15)2)32-25-22(13-27-32)24(18-5-6-18)30-31(26(25)35)14-23(34)29-20-9-7-19(8-10-20)28-17(3)33/h4,7-13,18H,5-6,14H2,1-3H3,(H,28,33)(H,29,34). The zero-order chi connectivity index (χ0) is 24.7. The lowest BCUT2D eigenvalue weighted by molar-refractivity contribution is -0.117. The van der Waals surface area contributed by atoms with Crippen LogP contribution in [0, 0.1) is 13.8 Å². The smallest absolute Gasteiger partial charge is 0.293 e. The third kappa shape index (κ3) is 4.57. The predicted octanol–water partition coefficient (Wildman–Crippen LogP) is 3.67. The summed E-state index contributed by atoms with van der Waals surface area (Å²) in [6, 6.07) is 12.7. The maximum atomic E-state index is 13.5. The van der Waals surface area contributed by atoms with Gasteiger partial charge in [-0.15, -0.1) is 0 Å². The largest absolute Gasteiger partial charge is 0.326 e. The normalized spacial score (nSPS) is 13.1. The topological polar surface area (TPSA) is 111 Å². The molecule has 0 spiro atoms. The number of fused-ring (bicyclic) bond motifs is 1. The van der Waals surface area contributed by atoms with E-state index in [1.54, 1.807) is 35.1 Å². The zero-order valence-electron chi connectivity index (χ0n) is 19.8. The summed E-state index contributed by atoms with van der Waals surface area (Å²) in [4.78, 5) is 37.5. The van der Waals surface area contributed by atoms with E-state index < -0.39 is 0 Å².